The summed E-state index contributed by atoms with van der Waals surface area (Å²) >= 11 is 11.7. The summed E-state index contributed by atoms with van der Waals surface area (Å²) in [7, 11) is 0. The summed E-state index contributed by atoms with van der Waals surface area (Å²) < 4.78 is 4.80. The number of hydrogen-bond donors (Lipinski definition) is 2. The van der Waals surface area contributed by atoms with Crippen LogP contribution in [0.1, 0.15) is 17.3 Å². The summed E-state index contributed by atoms with van der Waals surface area (Å²) in [6, 6.07) is 2.89. The quantitative estimate of drug-likeness (QED) is 0.490. The first-order valence-electron chi connectivity index (χ1n) is 4.23. The van der Waals surface area contributed by atoms with Gasteiger partial charge in [-0.1, -0.05) is 23.2 Å². The highest BCUT2D eigenvalue weighted by molar-refractivity contribution is 6.39. The molecule has 0 aliphatic carbocycles. The molecule has 82 valence electrons. The number of nitrogens with two attached hydrogens (primary N) is 1. The van der Waals surface area contributed by atoms with Gasteiger partial charge in [-0.25, -0.2) is 4.79 Å². The summed E-state index contributed by atoms with van der Waals surface area (Å²) in [6.45, 7) is 2.02. The van der Waals surface area contributed by atoms with Crippen LogP contribution in [0, 0.1) is 0 Å². The van der Waals surface area contributed by atoms with E-state index in [9.17, 15) is 4.79 Å². The maximum absolute atomic E-state index is 11.4. The summed E-state index contributed by atoms with van der Waals surface area (Å²) in [6.07, 6.45) is 0. The fraction of sp³-hybridized carbons (Fsp3) is 0.222. The van der Waals surface area contributed by atoms with Gasteiger partial charge in [-0.2, -0.15) is 0 Å². The number of nitrogens with one attached hydrogen (secondary N) is 1. The van der Waals surface area contributed by atoms with E-state index in [4.69, 9.17) is 33.8 Å². The Morgan fingerprint density at radius 2 is 2.00 bits per heavy atom. The van der Waals surface area contributed by atoms with Gasteiger partial charge in [0.25, 0.3) is 0 Å². The number of carbonyl (C=O) groups is 1. The summed E-state index contributed by atoms with van der Waals surface area (Å²) in [4.78, 5) is 11.4. The van der Waals surface area contributed by atoms with E-state index in [1.807, 2.05) is 0 Å². The van der Waals surface area contributed by atoms with Gasteiger partial charge in [-0.3, -0.25) is 5.84 Å². The first kappa shape index (κ1) is 12.1. The molecule has 0 heterocycles. The molecule has 1 rings (SSSR count). The average Bonchev–Trinajstić information content (AvgIpc) is 2.17. The fourth-order valence-electron chi connectivity index (χ4n) is 1.04. The fourth-order valence-corrected chi connectivity index (χ4v) is 1.64. The molecular formula is C9H10Cl2N2O2. The molecule has 0 spiro atoms. The van der Waals surface area contributed by atoms with E-state index in [1.165, 1.54) is 12.1 Å². The topological polar surface area (TPSA) is 64.3 Å². The molecule has 6 heteroatoms. The first-order chi connectivity index (χ1) is 7.10. The van der Waals surface area contributed by atoms with Crippen LogP contribution in [0.3, 0.4) is 0 Å². The average molecular weight is 249 g/mol. The number of carbonyl (C=O) groups excluding carboxylic acids is 1. The molecule has 0 unspecified atom stereocenters. The van der Waals surface area contributed by atoms with Crippen LogP contribution in [-0.4, -0.2) is 12.6 Å². The molecule has 0 saturated heterocycles. The van der Waals surface area contributed by atoms with Crippen molar-refractivity contribution in [3.63, 3.8) is 0 Å². The summed E-state index contributed by atoms with van der Waals surface area (Å²) in [5.74, 6) is 4.73. The Morgan fingerprint density at radius 1 is 1.47 bits per heavy atom. The van der Waals surface area contributed by atoms with Gasteiger partial charge in [-0.15, -0.1) is 0 Å². The van der Waals surface area contributed by atoms with Crippen LogP contribution >= 0.6 is 23.2 Å². The molecule has 1 aromatic carbocycles. The highest BCUT2D eigenvalue weighted by Crippen LogP contribution is 2.31. The number of rotatable bonds is 3. The Morgan fingerprint density at radius 3 is 2.40 bits per heavy atom. The molecule has 0 aromatic heterocycles. The minimum absolute atomic E-state index is 0.271. The molecule has 4 nitrogen and oxygen atoms in total. The van der Waals surface area contributed by atoms with Crippen molar-refractivity contribution in [2.75, 3.05) is 12.0 Å². The Bertz CT molecular complexity index is 359. The lowest BCUT2D eigenvalue weighted by atomic mass is 10.2. The van der Waals surface area contributed by atoms with Crippen molar-refractivity contribution < 1.29 is 9.53 Å². The number of esters is 1. The normalized spacial score (nSPS) is 9.87. The van der Waals surface area contributed by atoms with Crippen LogP contribution in [0.4, 0.5) is 5.69 Å². The largest absolute Gasteiger partial charge is 0.462 e. The zero-order valence-corrected chi connectivity index (χ0v) is 9.52. The van der Waals surface area contributed by atoms with Crippen molar-refractivity contribution in [3.8, 4) is 0 Å². The lowest BCUT2D eigenvalue weighted by Gasteiger charge is -2.08. The minimum atomic E-state index is -0.468. The Labute approximate surface area is 97.3 Å². The third-order valence-corrected chi connectivity index (χ3v) is 2.29. The van der Waals surface area contributed by atoms with Crippen molar-refractivity contribution in [2.24, 2.45) is 5.84 Å². The number of benzene rings is 1. The molecule has 0 amide bonds. The van der Waals surface area contributed by atoms with Crippen molar-refractivity contribution in [1.29, 1.82) is 0 Å². The van der Waals surface area contributed by atoms with Gasteiger partial charge in [0.15, 0.2) is 0 Å². The van der Waals surface area contributed by atoms with Gasteiger partial charge >= 0.3 is 5.97 Å². The van der Waals surface area contributed by atoms with Gasteiger partial charge in [0, 0.05) is 0 Å². The standard InChI is InChI=1S/C9H10Cl2N2O2/c1-2-15-9(14)5-3-6(10)8(13-12)7(11)4-5/h3-4,13H,2,12H2,1H3. The van der Waals surface area contributed by atoms with Gasteiger partial charge in [0.2, 0.25) is 0 Å². The Balaban J connectivity index is 3.08. The summed E-state index contributed by atoms with van der Waals surface area (Å²) in [5.41, 5.74) is 3.02. The highest BCUT2D eigenvalue weighted by atomic mass is 35.5. The molecule has 0 bridgehead atoms. The van der Waals surface area contributed by atoms with Gasteiger partial charge < -0.3 is 10.2 Å². The van der Waals surface area contributed by atoms with Gasteiger partial charge in [0.1, 0.15) is 0 Å². The number of anilines is 1. The number of nitrogen functional groups attached to an aromatic ring is 1. The maximum atomic E-state index is 11.4. The Hall–Kier alpha value is -0.970. The van der Waals surface area contributed by atoms with E-state index in [1.54, 1.807) is 6.92 Å². The zero-order chi connectivity index (χ0) is 11.4. The number of halogens is 2. The van der Waals surface area contributed by atoms with E-state index in [0.29, 0.717) is 17.9 Å². The molecule has 0 atom stereocenters. The molecule has 15 heavy (non-hydrogen) atoms. The smallest absolute Gasteiger partial charge is 0.338 e. The van der Waals surface area contributed by atoms with Crippen LogP contribution in [0.15, 0.2) is 12.1 Å². The molecule has 1 aromatic rings. The van der Waals surface area contributed by atoms with Crippen LogP contribution in [0.2, 0.25) is 10.0 Å². The lowest BCUT2D eigenvalue weighted by Crippen LogP contribution is -2.10. The molecular weight excluding hydrogens is 239 g/mol. The zero-order valence-electron chi connectivity index (χ0n) is 8.01. The molecule has 3 N–H and O–H groups in total. The van der Waals surface area contributed by atoms with Crippen LogP contribution < -0.4 is 11.3 Å². The van der Waals surface area contributed by atoms with Gasteiger partial charge in [0.05, 0.1) is 27.9 Å². The third kappa shape index (κ3) is 2.75. The SMILES string of the molecule is CCOC(=O)c1cc(Cl)c(NN)c(Cl)c1. The summed E-state index contributed by atoms with van der Waals surface area (Å²) in [5, 5.41) is 0.543. The van der Waals surface area contributed by atoms with E-state index in [0.717, 1.165) is 0 Å². The minimum Gasteiger partial charge on any atom is -0.462 e. The first-order valence-corrected chi connectivity index (χ1v) is 4.98. The van der Waals surface area contributed by atoms with E-state index in [-0.39, 0.29) is 10.0 Å². The van der Waals surface area contributed by atoms with Crippen LogP contribution in [0.25, 0.3) is 0 Å². The molecule has 0 aliphatic heterocycles. The second-order valence-electron chi connectivity index (χ2n) is 2.68. The monoisotopic (exact) mass is 248 g/mol. The lowest BCUT2D eigenvalue weighted by molar-refractivity contribution is 0.0526. The van der Waals surface area contributed by atoms with Crippen LogP contribution in [-0.2, 0) is 4.74 Å². The van der Waals surface area contributed by atoms with Crippen LogP contribution in [0.5, 0.6) is 0 Å². The Kier molecular flexibility index (Phi) is 4.20. The van der Waals surface area contributed by atoms with E-state index >= 15 is 0 Å². The van der Waals surface area contributed by atoms with Crippen molar-refractivity contribution in [2.45, 2.75) is 6.92 Å². The maximum Gasteiger partial charge on any atom is 0.338 e. The predicted octanol–water partition coefficient (Wildman–Crippen LogP) is 2.46. The number of ether oxygens (including phenoxy) is 1. The second-order valence-corrected chi connectivity index (χ2v) is 3.49. The van der Waals surface area contributed by atoms with Gasteiger partial charge in [-0.05, 0) is 19.1 Å². The number of hydrazine groups is 1. The predicted molar refractivity (Wildman–Crippen MR) is 60.2 cm³/mol. The number of hydrogen-bond acceptors (Lipinski definition) is 4. The van der Waals surface area contributed by atoms with Crippen molar-refractivity contribution in [1.82, 2.24) is 0 Å². The molecule has 0 saturated carbocycles. The third-order valence-electron chi connectivity index (χ3n) is 1.70. The highest BCUT2D eigenvalue weighted by Gasteiger charge is 2.12. The molecule has 0 fully saturated rings. The van der Waals surface area contributed by atoms with Crippen molar-refractivity contribution >= 4 is 34.9 Å². The van der Waals surface area contributed by atoms with E-state index in [2.05, 4.69) is 5.43 Å². The molecule has 0 aliphatic rings. The van der Waals surface area contributed by atoms with E-state index < -0.39 is 5.97 Å². The molecule has 0 radical (unpaired) electrons. The second kappa shape index (κ2) is 5.21. The van der Waals surface area contributed by atoms with Crippen molar-refractivity contribution in [3.05, 3.63) is 27.7 Å².